The van der Waals surface area contributed by atoms with E-state index in [1.165, 1.54) is 10.2 Å². The van der Waals surface area contributed by atoms with Gasteiger partial charge in [-0.15, -0.1) is 0 Å². The first-order valence-corrected chi connectivity index (χ1v) is 14.4. The molecule has 2 aliphatic heterocycles. The number of aryl methyl sites for hydroxylation is 1. The molecule has 1 amide bonds. The van der Waals surface area contributed by atoms with Crippen LogP contribution in [0.25, 0.3) is 11.0 Å². The smallest absolute Gasteiger partial charge is 0.269 e. The Hall–Kier alpha value is -3.70. The minimum Gasteiger partial charge on any atom is -0.396 e. The first-order chi connectivity index (χ1) is 18.4. The zero-order chi connectivity index (χ0) is 26.3. The molecule has 38 heavy (non-hydrogen) atoms. The lowest BCUT2D eigenvalue weighted by atomic mass is 9.73. The van der Waals surface area contributed by atoms with Gasteiger partial charge in [0.15, 0.2) is 5.65 Å². The van der Waals surface area contributed by atoms with Gasteiger partial charge in [-0.25, -0.2) is 17.4 Å². The molecule has 2 aliphatic rings. The quantitative estimate of drug-likeness (QED) is 0.333. The molecule has 0 aliphatic carbocycles. The maximum atomic E-state index is 13.4. The van der Waals surface area contributed by atoms with E-state index < -0.39 is 15.4 Å². The molecule has 1 spiro atoms. The molecule has 1 fully saturated rings. The van der Waals surface area contributed by atoms with Gasteiger partial charge in [0.05, 0.1) is 34.1 Å². The number of fused-ring (bicyclic) bond motifs is 4. The molecule has 1 aromatic carbocycles. The van der Waals surface area contributed by atoms with E-state index in [1.807, 2.05) is 17.1 Å². The van der Waals surface area contributed by atoms with Crippen molar-refractivity contribution in [1.29, 1.82) is 0 Å². The van der Waals surface area contributed by atoms with Gasteiger partial charge in [-0.2, -0.15) is 5.10 Å². The normalized spacial score (nSPS) is 16.8. The maximum Gasteiger partial charge on any atom is 0.269 e. The summed E-state index contributed by atoms with van der Waals surface area (Å²) in [6.45, 7) is 2.37. The number of pyridine rings is 1. The van der Waals surface area contributed by atoms with Gasteiger partial charge >= 0.3 is 0 Å². The number of piperidine rings is 1. The van der Waals surface area contributed by atoms with Crippen LogP contribution in [0.3, 0.4) is 0 Å². The predicted molar refractivity (Wildman–Crippen MR) is 144 cm³/mol. The highest BCUT2D eigenvalue weighted by molar-refractivity contribution is 7.90. The molecule has 10 nitrogen and oxygen atoms in total. The number of hydrogen-bond acceptors (Lipinski definition) is 7. The van der Waals surface area contributed by atoms with E-state index in [2.05, 4.69) is 20.3 Å². The third-order valence-corrected chi connectivity index (χ3v) is 9.47. The van der Waals surface area contributed by atoms with E-state index in [9.17, 15) is 13.2 Å². The second kappa shape index (κ2) is 9.55. The van der Waals surface area contributed by atoms with Crippen LogP contribution in [0.1, 0.15) is 37.7 Å². The largest absolute Gasteiger partial charge is 0.396 e. The SMILES string of the molecule is O=C1Nc2cnc3c(ccn3S(=O)(=O)c3ccccc3)c2C12CCN(c1cnn(CCCCCO)c1)CC2. The number of hydrogen-bond donors (Lipinski definition) is 2. The van der Waals surface area contributed by atoms with Gasteiger partial charge in [0.25, 0.3) is 10.0 Å². The highest BCUT2D eigenvalue weighted by Gasteiger charge is 2.50. The minimum absolute atomic E-state index is 0.0558. The molecule has 0 radical (unpaired) electrons. The summed E-state index contributed by atoms with van der Waals surface area (Å²) < 4.78 is 29.8. The highest BCUT2D eigenvalue weighted by Crippen LogP contribution is 2.48. The van der Waals surface area contributed by atoms with E-state index in [4.69, 9.17) is 5.11 Å². The van der Waals surface area contributed by atoms with Crippen LogP contribution < -0.4 is 10.2 Å². The number of carbonyl (C=O) groups excluding carboxylic acids is 1. The Morgan fingerprint density at radius 2 is 1.82 bits per heavy atom. The summed E-state index contributed by atoms with van der Waals surface area (Å²) in [6, 6.07) is 10.0. The van der Waals surface area contributed by atoms with Crippen molar-refractivity contribution < 1.29 is 18.3 Å². The molecule has 4 aromatic rings. The zero-order valence-corrected chi connectivity index (χ0v) is 21.8. The number of unbranched alkanes of at least 4 members (excludes halogenated alkanes) is 2. The number of amides is 1. The van der Waals surface area contributed by atoms with E-state index >= 15 is 0 Å². The van der Waals surface area contributed by atoms with E-state index in [0.29, 0.717) is 42.7 Å². The number of nitrogens with zero attached hydrogens (tertiary/aromatic N) is 5. The van der Waals surface area contributed by atoms with Crippen molar-refractivity contribution in [3.05, 3.63) is 66.7 Å². The number of rotatable bonds is 8. The summed E-state index contributed by atoms with van der Waals surface area (Å²) in [5, 5.41) is 17.1. The van der Waals surface area contributed by atoms with Crippen molar-refractivity contribution in [2.75, 3.05) is 29.9 Å². The molecule has 198 valence electrons. The number of benzene rings is 1. The van der Waals surface area contributed by atoms with Gasteiger partial charge in [-0.3, -0.25) is 9.48 Å². The molecule has 0 unspecified atom stereocenters. The molecule has 3 aromatic heterocycles. The fourth-order valence-electron chi connectivity index (χ4n) is 5.75. The summed E-state index contributed by atoms with van der Waals surface area (Å²) in [5.74, 6) is -0.0558. The zero-order valence-electron chi connectivity index (χ0n) is 21.0. The Bertz CT molecular complexity index is 1590. The topological polar surface area (TPSA) is 122 Å². The van der Waals surface area contributed by atoms with Crippen LogP contribution in [0.2, 0.25) is 0 Å². The van der Waals surface area contributed by atoms with E-state index in [0.717, 1.165) is 37.1 Å². The first kappa shape index (κ1) is 24.6. The number of aromatic nitrogens is 4. The van der Waals surface area contributed by atoms with Crippen LogP contribution in [0.15, 0.2) is 66.1 Å². The number of anilines is 2. The predicted octanol–water partition coefficient (Wildman–Crippen LogP) is 3.12. The molecule has 5 heterocycles. The van der Waals surface area contributed by atoms with Gasteiger partial charge in [0.1, 0.15) is 0 Å². The Kier molecular flexibility index (Phi) is 6.19. The molecular formula is C27H30N6O4S. The fourth-order valence-corrected chi connectivity index (χ4v) is 7.08. The summed E-state index contributed by atoms with van der Waals surface area (Å²) in [7, 11) is -3.83. The molecule has 1 saturated heterocycles. The van der Waals surface area contributed by atoms with E-state index in [-0.39, 0.29) is 17.4 Å². The summed E-state index contributed by atoms with van der Waals surface area (Å²) in [5.41, 5.74) is 2.11. The van der Waals surface area contributed by atoms with E-state index in [1.54, 1.807) is 42.6 Å². The van der Waals surface area contributed by atoms with Gasteiger partial charge in [0, 0.05) is 49.6 Å². The third-order valence-electron chi connectivity index (χ3n) is 7.79. The van der Waals surface area contributed by atoms with Crippen molar-refractivity contribution in [1.82, 2.24) is 18.7 Å². The van der Waals surface area contributed by atoms with Gasteiger partial charge in [-0.05, 0) is 50.3 Å². The molecule has 11 heteroatoms. The second-order valence-electron chi connectivity index (χ2n) is 9.98. The van der Waals surface area contributed by atoms with Crippen molar-refractivity contribution in [2.45, 2.75) is 49.0 Å². The Morgan fingerprint density at radius 1 is 1.03 bits per heavy atom. The second-order valence-corrected chi connectivity index (χ2v) is 11.8. The summed E-state index contributed by atoms with van der Waals surface area (Å²) in [6.07, 6.45) is 10.9. The lowest BCUT2D eigenvalue weighted by Gasteiger charge is -2.38. The van der Waals surface area contributed by atoms with Gasteiger partial charge < -0.3 is 15.3 Å². The van der Waals surface area contributed by atoms with Crippen LogP contribution in [0.5, 0.6) is 0 Å². The maximum absolute atomic E-state index is 13.4. The van der Waals surface area contributed by atoms with Crippen LogP contribution in [0.4, 0.5) is 11.4 Å². The lowest BCUT2D eigenvalue weighted by Crippen LogP contribution is -2.46. The highest BCUT2D eigenvalue weighted by atomic mass is 32.2. The average molecular weight is 535 g/mol. The van der Waals surface area contributed by atoms with Gasteiger partial charge in [0.2, 0.25) is 5.91 Å². The van der Waals surface area contributed by atoms with Crippen molar-refractivity contribution in [3.8, 4) is 0 Å². The monoisotopic (exact) mass is 534 g/mol. The number of aliphatic hydroxyl groups is 1. The Balaban J connectivity index is 1.27. The Labute approximate surface area is 221 Å². The molecular weight excluding hydrogens is 504 g/mol. The van der Waals surface area contributed by atoms with Crippen LogP contribution in [-0.2, 0) is 26.8 Å². The number of nitrogens with one attached hydrogen (secondary N) is 1. The van der Waals surface area contributed by atoms with Crippen LogP contribution in [0, 0.1) is 0 Å². The molecule has 0 saturated carbocycles. The lowest BCUT2D eigenvalue weighted by molar-refractivity contribution is -0.121. The minimum atomic E-state index is -3.83. The third kappa shape index (κ3) is 3.97. The molecule has 6 rings (SSSR count). The Morgan fingerprint density at radius 3 is 2.58 bits per heavy atom. The van der Waals surface area contributed by atoms with Crippen LogP contribution in [-0.4, -0.2) is 57.9 Å². The van der Waals surface area contributed by atoms with Gasteiger partial charge in [-0.1, -0.05) is 18.2 Å². The van der Waals surface area contributed by atoms with Crippen LogP contribution >= 0.6 is 0 Å². The number of aliphatic hydroxyl groups excluding tert-OH is 1. The number of carbonyl (C=O) groups is 1. The average Bonchev–Trinajstić information content (AvgIpc) is 3.65. The first-order valence-electron chi connectivity index (χ1n) is 12.9. The molecule has 0 atom stereocenters. The summed E-state index contributed by atoms with van der Waals surface area (Å²) >= 11 is 0. The van der Waals surface area contributed by atoms with Crippen molar-refractivity contribution in [2.24, 2.45) is 0 Å². The molecule has 0 bridgehead atoms. The summed E-state index contributed by atoms with van der Waals surface area (Å²) in [4.78, 5) is 20.3. The fraction of sp³-hybridized carbons (Fsp3) is 0.370. The van der Waals surface area contributed by atoms with Crippen molar-refractivity contribution in [3.63, 3.8) is 0 Å². The standard InChI is InChI=1S/C27H30N6O4S/c34-16-6-2-5-12-32-19-20(17-29-32)31-14-10-27(11-15-31)24-22-9-13-33(25(22)28-18-23(24)30-26(27)35)38(36,37)21-7-3-1-4-8-21/h1,3-4,7-9,13,17-19,34H,2,5-6,10-12,14-16H2,(H,30,35). The van der Waals surface area contributed by atoms with Crippen molar-refractivity contribution >= 4 is 38.3 Å². The molecule has 2 N–H and O–H groups in total.